The predicted molar refractivity (Wildman–Crippen MR) is 69.2 cm³/mol. The van der Waals surface area contributed by atoms with Crippen LogP contribution in [0.4, 0.5) is 0 Å². The third-order valence-electron chi connectivity index (χ3n) is 3.46. The lowest BCUT2D eigenvalue weighted by molar-refractivity contribution is -0.125. The second-order valence-corrected chi connectivity index (χ2v) is 6.86. The van der Waals surface area contributed by atoms with Crippen molar-refractivity contribution in [2.45, 2.75) is 56.3 Å². The number of hydrogen-bond acceptors (Lipinski definition) is 3. The van der Waals surface area contributed by atoms with Crippen LogP contribution in [0.5, 0.6) is 0 Å². The van der Waals surface area contributed by atoms with Gasteiger partial charge in [0.05, 0.1) is 12.0 Å². The van der Waals surface area contributed by atoms with Gasteiger partial charge in [-0.05, 0) is 19.3 Å². The fourth-order valence-electron chi connectivity index (χ4n) is 2.15. The Kier molecular flexibility index (Phi) is 5.59. The maximum atomic E-state index is 11.6. The molecule has 4 nitrogen and oxygen atoms in total. The van der Waals surface area contributed by atoms with Crippen LogP contribution in [0.2, 0.25) is 0 Å². The van der Waals surface area contributed by atoms with Crippen molar-refractivity contribution in [2.75, 3.05) is 12.8 Å². The van der Waals surface area contributed by atoms with Crippen LogP contribution in [0.3, 0.4) is 0 Å². The minimum atomic E-state index is -0.838. The van der Waals surface area contributed by atoms with Crippen molar-refractivity contribution in [1.82, 2.24) is 5.32 Å². The van der Waals surface area contributed by atoms with E-state index >= 15 is 0 Å². The zero-order valence-corrected chi connectivity index (χ0v) is 11.5. The third-order valence-corrected chi connectivity index (χ3v) is 4.83. The van der Waals surface area contributed by atoms with E-state index in [0.717, 1.165) is 25.7 Å². The average Bonchev–Trinajstić information content (AvgIpc) is 2.64. The summed E-state index contributed by atoms with van der Waals surface area (Å²) >= 11 is 0. The topological polar surface area (TPSA) is 66.4 Å². The van der Waals surface area contributed by atoms with Crippen LogP contribution >= 0.6 is 0 Å². The number of amides is 1. The van der Waals surface area contributed by atoms with Gasteiger partial charge in [-0.2, -0.15) is 0 Å². The molecule has 1 rings (SSSR count). The number of hydrogen-bond donors (Lipinski definition) is 2. The molecular weight excluding hydrogens is 238 g/mol. The van der Waals surface area contributed by atoms with Crippen LogP contribution in [0, 0.1) is 0 Å². The average molecular weight is 261 g/mol. The van der Waals surface area contributed by atoms with Crippen LogP contribution in [-0.2, 0) is 15.6 Å². The van der Waals surface area contributed by atoms with Crippen LogP contribution in [0.15, 0.2) is 0 Å². The van der Waals surface area contributed by atoms with Crippen molar-refractivity contribution in [1.29, 1.82) is 0 Å². The highest BCUT2D eigenvalue weighted by atomic mass is 32.2. The van der Waals surface area contributed by atoms with E-state index in [1.165, 1.54) is 0 Å². The normalized spacial score (nSPS) is 22.1. The standard InChI is InChI=1S/C12H23NO3S/c1-10(17(2)16)5-8-13-11(14)9-12(15)6-3-4-7-12/h10,15H,3-9H2,1-2H3,(H,13,14). The summed E-state index contributed by atoms with van der Waals surface area (Å²) in [7, 11) is -0.838. The Bertz CT molecular complexity index is 287. The Morgan fingerprint density at radius 3 is 2.59 bits per heavy atom. The van der Waals surface area contributed by atoms with Gasteiger partial charge in [0.2, 0.25) is 5.91 Å². The molecule has 0 aliphatic heterocycles. The molecular formula is C12H23NO3S. The Balaban J connectivity index is 2.19. The number of carbonyl (C=O) groups excluding carboxylic acids is 1. The smallest absolute Gasteiger partial charge is 0.222 e. The van der Waals surface area contributed by atoms with Crippen LogP contribution in [-0.4, -0.2) is 38.9 Å². The summed E-state index contributed by atoms with van der Waals surface area (Å²) in [6.07, 6.45) is 6.08. The fourth-order valence-corrected chi connectivity index (χ4v) is 2.60. The quantitative estimate of drug-likeness (QED) is 0.748. The lowest BCUT2D eigenvalue weighted by Gasteiger charge is -2.21. The summed E-state index contributed by atoms with van der Waals surface area (Å²) in [6.45, 7) is 2.45. The molecule has 0 saturated heterocycles. The first kappa shape index (κ1) is 14.6. The van der Waals surface area contributed by atoms with E-state index in [2.05, 4.69) is 5.32 Å². The fraction of sp³-hybridized carbons (Fsp3) is 0.917. The Morgan fingerprint density at radius 1 is 1.47 bits per heavy atom. The van der Waals surface area contributed by atoms with Gasteiger partial charge in [0.1, 0.15) is 0 Å². The van der Waals surface area contributed by atoms with Gasteiger partial charge >= 0.3 is 0 Å². The summed E-state index contributed by atoms with van der Waals surface area (Å²) in [6, 6.07) is 0. The third kappa shape index (κ3) is 5.17. The maximum Gasteiger partial charge on any atom is 0.222 e. The molecule has 0 spiro atoms. The molecule has 2 atom stereocenters. The molecule has 1 saturated carbocycles. The minimum Gasteiger partial charge on any atom is -0.389 e. The molecule has 1 amide bonds. The molecule has 2 N–H and O–H groups in total. The van der Waals surface area contributed by atoms with Crippen molar-refractivity contribution in [3.05, 3.63) is 0 Å². The molecule has 5 heteroatoms. The van der Waals surface area contributed by atoms with Crippen molar-refractivity contribution < 1.29 is 14.1 Å². The molecule has 2 unspecified atom stereocenters. The lowest BCUT2D eigenvalue weighted by Crippen LogP contribution is -2.35. The van der Waals surface area contributed by atoms with Crippen molar-refractivity contribution >= 4 is 16.7 Å². The zero-order valence-electron chi connectivity index (χ0n) is 10.7. The summed E-state index contributed by atoms with van der Waals surface area (Å²) in [5.74, 6) is -0.0940. The molecule has 0 aromatic rings. The molecule has 0 heterocycles. The van der Waals surface area contributed by atoms with Crippen LogP contribution in [0.25, 0.3) is 0 Å². The molecule has 1 aliphatic carbocycles. The summed E-state index contributed by atoms with van der Waals surface area (Å²) < 4.78 is 11.1. The Morgan fingerprint density at radius 2 is 2.06 bits per heavy atom. The van der Waals surface area contributed by atoms with E-state index in [1.54, 1.807) is 6.26 Å². The van der Waals surface area contributed by atoms with Gasteiger partial charge in [-0.25, -0.2) is 0 Å². The molecule has 0 aromatic carbocycles. The highest BCUT2D eigenvalue weighted by Gasteiger charge is 2.33. The maximum absolute atomic E-state index is 11.6. The van der Waals surface area contributed by atoms with Gasteiger partial charge in [-0.3, -0.25) is 9.00 Å². The van der Waals surface area contributed by atoms with Gasteiger partial charge in [0, 0.05) is 28.9 Å². The largest absolute Gasteiger partial charge is 0.389 e. The van der Waals surface area contributed by atoms with E-state index < -0.39 is 16.4 Å². The zero-order chi connectivity index (χ0) is 12.9. The van der Waals surface area contributed by atoms with Crippen LogP contribution < -0.4 is 5.32 Å². The van der Waals surface area contributed by atoms with Crippen molar-refractivity contribution in [3.8, 4) is 0 Å². The van der Waals surface area contributed by atoms with Gasteiger partial charge in [0.15, 0.2) is 0 Å². The SMILES string of the molecule is CC(CCNC(=O)CC1(O)CCCC1)S(C)=O. The number of rotatable bonds is 6. The second kappa shape index (κ2) is 6.50. The highest BCUT2D eigenvalue weighted by molar-refractivity contribution is 7.84. The minimum absolute atomic E-state index is 0.0940. The molecule has 0 radical (unpaired) electrons. The highest BCUT2D eigenvalue weighted by Crippen LogP contribution is 2.32. The number of carbonyl (C=O) groups is 1. The molecule has 1 aliphatic rings. The van der Waals surface area contributed by atoms with Gasteiger partial charge in [-0.15, -0.1) is 0 Å². The van der Waals surface area contributed by atoms with E-state index in [0.29, 0.717) is 13.0 Å². The monoisotopic (exact) mass is 261 g/mol. The predicted octanol–water partition coefficient (Wildman–Crippen LogP) is 0.955. The van der Waals surface area contributed by atoms with E-state index in [9.17, 15) is 14.1 Å². The first-order chi connectivity index (χ1) is 7.93. The first-order valence-corrected chi connectivity index (χ1v) is 7.86. The Hall–Kier alpha value is -0.420. The lowest BCUT2D eigenvalue weighted by atomic mass is 9.98. The van der Waals surface area contributed by atoms with E-state index in [-0.39, 0.29) is 17.6 Å². The van der Waals surface area contributed by atoms with E-state index in [4.69, 9.17) is 0 Å². The first-order valence-electron chi connectivity index (χ1n) is 6.24. The van der Waals surface area contributed by atoms with Gasteiger partial charge < -0.3 is 10.4 Å². The Labute approximate surface area is 106 Å². The summed E-state index contributed by atoms with van der Waals surface area (Å²) in [5.41, 5.74) is -0.775. The summed E-state index contributed by atoms with van der Waals surface area (Å²) in [4.78, 5) is 11.6. The number of aliphatic hydroxyl groups is 1. The molecule has 0 aromatic heterocycles. The molecule has 17 heavy (non-hydrogen) atoms. The molecule has 1 fully saturated rings. The number of nitrogens with one attached hydrogen (secondary N) is 1. The van der Waals surface area contributed by atoms with E-state index in [1.807, 2.05) is 6.92 Å². The van der Waals surface area contributed by atoms with Crippen molar-refractivity contribution in [2.24, 2.45) is 0 Å². The molecule has 0 bridgehead atoms. The van der Waals surface area contributed by atoms with Gasteiger partial charge in [-0.1, -0.05) is 19.8 Å². The van der Waals surface area contributed by atoms with Crippen molar-refractivity contribution in [3.63, 3.8) is 0 Å². The molecule has 100 valence electrons. The van der Waals surface area contributed by atoms with Gasteiger partial charge in [0.25, 0.3) is 0 Å². The second-order valence-electron chi connectivity index (χ2n) is 5.06. The van der Waals surface area contributed by atoms with Crippen LogP contribution in [0.1, 0.15) is 45.4 Å². The summed E-state index contributed by atoms with van der Waals surface area (Å²) in [5, 5.41) is 12.9.